The lowest BCUT2D eigenvalue weighted by atomic mass is 9.93. The second kappa shape index (κ2) is 6.53. The third-order valence-electron chi connectivity index (χ3n) is 4.37. The van der Waals surface area contributed by atoms with Crippen molar-refractivity contribution >= 4 is 5.91 Å². The van der Waals surface area contributed by atoms with Gasteiger partial charge in [0.15, 0.2) is 0 Å². The number of hydrogen-bond donors (Lipinski definition) is 1. The predicted octanol–water partition coefficient (Wildman–Crippen LogP) is 1.53. The van der Waals surface area contributed by atoms with Gasteiger partial charge in [-0.1, -0.05) is 26.2 Å². The van der Waals surface area contributed by atoms with E-state index in [0.717, 1.165) is 32.2 Å². The summed E-state index contributed by atoms with van der Waals surface area (Å²) < 4.78 is 5.47. The number of nitrogens with zero attached hydrogens (tertiary/aromatic N) is 1. The molecule has 1 heterocycles. The van der Waals surface area contributed by atoms with Gasteiger partial charge in [0.25, 0.3) is 0 Å². The maximum atomic E-state index is 12.7. The van der Waals surface area contributed by atoms with E-state index in [1.807, 2.05) is 4.90 Å². The van der Waals surface area contributed by atoms with E-state index in [0.29, 0.717) is 13.2 Å². The predicted molar refractivity (Wildman–Crippen MR) is 71.2 cm³/mol. The van der Waals surface area contributed by atoms with Crippen molar-refractivity contribution in [1.29, 1.82) is 0 Å². The third kappa shape index (κ3) is 3.04. The second-order valence-corrected chi connectivity index (χ2v) is 5.58. The van der Waals surface area contributed by atoms with Gasteiger partial charge in [-0.2, -0.15) is 0 Å². The lowest BCUT2D eigenvalue weighted by Crippen LogP contribution is -2.53. The van der Waals surface area contributed by atoms with Crippen molar-refractivity contribution in [1.82, 2.24) is 4.90 Å². The first kappa shape index (κ1) is 13.8. The van der Waals surface area contributed by atoms with Crippen LogP contribution in [0.3, 0.4) is 0 Å². The maximum Gasteiger partial charge on any atom is 0.227 e. The Morgan fingerprint density at radius 1 is 1.33 bits per heavy atom. The van der Waals surface area contributed by atoms with Gasteiger partial charge in [-0.05, 0) is 19.3 Å². The molecule has 0 radical (unpaired) electrons. The normalized spacial score (nSPS) is 34.1. The van der Waals surface area contributed by atoms with Gasteiger partial charge in [0.1, 0.15) is 0 Å². The van der Waals surface area contributed by atoms with Gasteiger partial charge in [-0.25, -0.2) is 0 Å². The average Bonchev–Trinajstić information content (AvgIpc) is 2.62. The largest absolute Gasteiger partial charge is 0.377 e. The van der Waals surface area contributed by atoms with Crippen LogP contribution in [0.15, 0.2) is 0 Å². The van der Waals surface area contributed by atoms with Crippen molar-refractivity contribution in [3.63, 3.8) is 0 Å². The number of nitrogens with two attached hydrogens (primary N) is 1. The second-order valence-electron chi connectivity index (χ2n) is 5.58. The highest BCUT2D eigenvalue weighted by molar-refractivity contribution is 5.80. The summed E-state index contributed by atoms with van der Waals surface area (Å²) in [4.78, 5) is 14.7. The van der Waals surface area contributed by atoms with Gasteiger partial charge in [-0.15, -0.1) is 0 Å². The smallest absolute Gasteiger partial charge is 0.227 e. The first-order valence-electron chi connectivity index (χ1n) is 7.37. The maximum absolute atomic E-state index is 12.7. The number of carbonyl (C=O) groups is 1. The molecule has 1 aliphatic carbocycles. The Hall–Kier alpha value is -0.610. The molecule has 1 amide bonds. The topological polar surface area (TPSA) is 55.6 Å². The quantitative estimate of drug-likeness (QED) is 0.760. The summed E-state index contributed by atoms with van der Waals surface area (Å²) in [6, 6.07) is 0.307. The van der Waals surface area contributed by atoms with Crippen LogP contribution in [0.4, 0.5) is 0 Å². The fraction of sp³-hybridized carbons (Fsp3) is 0.929. The molecule has 1 saturated heterocycles. The number of amides is 1. The van der Waals surface area contributed by atoms with Crippen LogP contribution in [0, 0.1) is 5.92 Å². The molecule has 4 nitrogen and oxygen atoms in total. The Morgan fingerprint density at radius 2 is 2.11 bits per heavy atom. The number of ether oxygens (including phenoxy) is 1. The van der Waals surface area contributed by atoms with Crippen molar-refractivity contribution < 1.29 is 9.53 Å². The summed E-state index contributed by atoms with van der Waals surface area (Å²) in [6.45, 7) is 4.21. The van der Waals surface area contributed by atoms with Crippen LogP contribution in [0.5, 0.6) is 0 Å². The van der Waals surface area contributed by atoms with Crippen LogP contribution in [0.1, 0.15) is 45.4 Å². The average molecular weight is 254 g/mol. The lowest BCUT2D eigenvalue weighted by Gasteiger charge is -2.38. The van der Waals surface area contributed by atoms with Crippen LogP contribution in [-0.2, 0) is 9.53 Å². The van der Waals surface area contributed by atoms with Crippen molar-refractivity contribution in [2.24, 2.45) is 11.7 Å². The van der Waals surface area contributed by atoms with Crippen molar-refractivity contribution in [3.05, 3.63) is 0 Å². The fourth-order valence-corrected chi connectivity index (χ4v) is 3.14. The lowest BCUT2D eigenvalue weighted by molar-refractivity contribution is -0.145. The molecule has 18 heavy (non-hydrogen) atoms. The van der Waals surface area contributed by atoms with E-state index in [-0.39, 0.29) is 23.9 Å². The molecule has 0 aromatic heterocycles. The van der Waals surface area contributed by atoms with Crippen LogP contribution < -0.4 is 5.73 Å². The molecule has 2 rings (SSSR count). The first-order chi connectivity index (χ1) is 8.74. The molecule has 2 fully saturated rings. The van der Waals surface area contributed by atoms with E-state index in [9.17, 15) is 4.79 Å². The van der Waals surface area contributed by atoms with Crippen LogP contribution in [-0.4, -0.2) is 42.6 Å². The van der Waals surface area contributed by atoms with E-state index in [1.54, 1.807) is 0 Å². The zero-order valence-corrected chi connectivity index (χ0v) is 11.4. The van der Waals surface area contributed by atoms with Crippen LogP contribution in [0.2, 0.25) is 0 Å². The molecule has 0 aromatic carbocycles. The van der Waals surface area contributed by atoms with Gasteiger partial charge in [0.05, 0.1) is 25.2 Å². The number of morpholine rings is 1. The van der Waals surface area contributed by atoms with Crippen molar-refractivity contribution in [2.45, 2.75) is 57.5 Å². The van der Waals surface area contributed by atoms with Gasteiger partial charge >= 0.3 is 0 Å². The number of rotatable bonds is 2. The highest BCUT2D eigenvalue weighted by atomic mass is 16.5. The summed E-state index contributed by atoms with van der Waals surface area (Å²) >= 11 is 0. The highest BCUT2D eigenvalue weighted by Gasteiger charge is 2.34. The van der Waals surface area contributed by atoms with E-state index in [4.69, 9.17) is 10.5 Å². The zero-order chi connectivity index (χ0) is 13.0. The molecular weight excluding hydrogens is 228 g/mol. The molecule has 3 atom stereocenters. The summed E-state index contributed by atoms with van der Waals surface area (Å²) in [5.74, 6) is 0.319. The Labute approximate surface area is 110 Å². The molecule has 104 valence electrons. The van der Waals surface area contributed by atoms with Gasteiger partial charge in [0, 0.05) is 12.6 Å². The molecule has 0 bridgehead atoms. The fourth-order valence-electron chi connectivity index (χ4n) is 3.14. The van der Waals surface area contributed by atoms with E-state index < -0.39 is 0 Å². The molecule has 4 heteroatoms. The Kier molecular flexibility index (Phi) is 5.01. The minimum atomic E-state index is 0.0413. The highest BCUT2D eigenvalue weighted by Crippen LogP contribution is 2.25. The van der Waals surface area contributed by atoms with Crippen LogP contribution >= 0.6 is 0 Å². The number of carbonyl (C=O) groups excluding carboxylic acids is 1. The van der Waals surface area contributed by atoms with Crippen LogP contribution in [0.25, 0.3) is 0 Å². The first-order valence-corrected chi connectivity index (χ1v) is 7.37. The van der Waals surface area contributed by atoms with E-state index >= 15 is 0 Å². The molecule has 3 unspecified atom stereocenters. The molecule has 0 aromatic rings. The molecular formula is C14H26N2O2. The summed E-state index contributed by atoms with van der Waals surface area (Å²) in [5, 5.41) is 0. The summed E-state index contributed by atoms with van der Waals surface area (Å²) in [7, 11) is 0. The molecule has 1 saturated carbocycles. The van der Waals surface area contributed by atoms with Gasteiger partial charge in [-0.3, -0.25) is 4.79 Å². The minimum Gasteiger partial charge on any atom is -0.377 e. The van der Waals surface area contributed by atoms with E-state index in [2.05, 4.69) is 6.92 Å². The molecule has 1 aliphatic heterocycles. The monoisotopic (exact) mass is 254 g/mol. The molecule has 2 N–H and O–H groups in total. The SMILES string of the molecule is CCC1COCCN1C(=O)C1CCCCCC1N. The van der Waals surface area contributed by atoms with Crippen molar-refractivity contribution in [3.8, 4) is 0 Å². The zero-order valence-electron chi connectivity index (χ0n) is 11.4. The number of hydrogen-bond acceptors (Lipinski definition) is 3. The molecule has 2 aliphatic rings. The Balaban J connectivity index is 2.03. The molecule has 0 spiro atoms. The standard InChI is InChI=1S/C14H26N2O2/c1-2-11-10-18-9-8-16(11)14(17)12-6-4-3-5-7-13(12)15/h11-13H,2-10,15H2,1H3. The van der Waals surface area contributed by atoms with Gasteiger partial charge < -0.3 is 15.4 Å². The minimum absolute atomic E-state index is 0.0413. The van der Waals surface area contributed by atoms with Gasteiger partial charge in [0.2, 0.25) is 5.91 Å². The summed E-state index contributed by atoms with van der Waals surface area (Å²) in [5.41, 5.74) is 6.19. The Morgan fingerprint density at radius 3 is 2.89 bits per heavy atom. The Bertz CT molecular complexity index is 279. The summed E-state index contributed by atoms with van der Waals surface area (Å²) in [6.07, 6.45) is 6.47. The van der Waals surface area contributed by atoms with Crippen molar-refractivity contribution in [2.75, 3.05) is 19.8 Å². The van der Waals surface area contributed by atoms with E-state index in [1.165, 1.54) is 12.8 Å². The third-order valence-corrected chi connectivity index (χ3v) is 4.37.